The molecule has 0 unspecified atom stereocenters. The van der Waals surface area contributed by atoms with Crippen LogP contribution in [0.5, 0.6) is 0 Å². The van der Waals surface area contributed by atoms with E-state index in [1.807, 2.05) is 0 Å². The van der Waals surface area contributed by atoms with Gasteiger partial charge in [0.05, 0.1) is 0 Å². The van der Waals surface area contributed by atoms with Gasteiger partial charge in [0.25, 0.3) is 0 Å². The predicted octanol–water partition coefficient (Wildman–Crippen LogP) is 7.80. The standard InChI is InChI=1S/C36H37N2O/c1-26-22-31(23-27(2)37(26)25-30-20-18-29(19-21-30)24-28(3)39)12-11-17-35-36(4,5)33-15-9-10-16-34(33)38(35)32-13-7-6-8-14-32/h6-23H,24-25H2,1-5H3/q+1. The minimum atomic E-state index is -0.109. The topological polar surface area (TPSA) is 24.2 Å². The Hall–Kier alpha value is -4.24. The van der Waals surface area contributed by atoms with E-state index in [1.165, 1.54) is 45.2 Å². The van der Waals surface area contributed by atoms with Crippen LogP contribution in [0.4, 0.5) is 11.4 Å². The van der Waals surface area contributed by atoms with E-state index < -0.39 is 0 Å². The lowest BCUT2D eigenvalue weighted by Gasteiger charge is -2.27. The zero-order valence-electron chi connectivity index (χ0n) is 23.6. The van der Waals surface area contributed by atoms with Gasteiger partial charge in [-0.25, -0.2) is 0 Å². The summed E-state index contributed by atoms with van der Waals surface area (Å²) in [6, 6.07) is 32.2. The van der Waals surface area contributed by atoms with Gasteiger partial charge in [-0.3, -0.25) is 4.79 Å². The molecule has 0 fully saturated rings. The molecule has 0 saturated heterocycles. The number of rotatable bonds is 7. The smallest absolute Gasteiger partial charge is 0.179 e. The molecule has 196 valence electrons. The Labute approximate surface area is 232 Å². The molecule has 1 aliphatic rings. The average Bonchev–Trinajstić information content (AvgIpc) is 3.14. The van der Waals surface area contributed by atoms with Crippen molar-refractivity contribution < 1.29 is 9.36 Å². The summed E-state index contributed by atoms with van der Waals surface area (Å²) in [4.78, 5) is 13.8. The Morgan fingerprint density at radius 3 is 2.13 bits per heavy atom. The summed E-state index contributed by atoms with van der Waals surface area (Å²) in [6.45, 7) is 11.4. The Balaban J connectivity index is 1.41. The van der Waals surface area contributed by atoms with Crippen molar-refractivity contribution in [1.29, 1.82) is 0 Å². The number of aryl methyl sites for hydroxylation is 2. The van der Waals surface area contributed by atoms with Crippen LogP contribution >= 0.6 is 0 Å². The zero-order valence-corrected chi connectivity index (χ0v) is 23.6. The first-order valence-corrected chi connectivity index (χ1v) is 13.7. The van der Waals surface area contributed by atoms with Crippen molar-refractivity contribution in [1.82, 2.24) is 0 Å². The number of para-hydroxylation sites is 2. The molecule has 5 rings (SSSR count). The summed E-state index contributed by atoms with van der Waals surface area (Å²) in [7, 11) is 0. The molecular formula is C36H37N2O+. The molecular weight excluding hydrogens is 476 g/mol. The minimum absolute atomic E-state index is 0.109. The molecule has 3 nitrogen and oxygen atoms in total. The molecule has 0 bridgehead atoms. The second kappa shape index (κ2) is 10.9. The van der Waals surface area contributed by atoms with E-state index in [-0.39, 0.29) is 11.2 Å². The number of benzene rings is 3. The number of pyridine rings is 1. The van der Waals surface area contributed by atoms with E-state index in [4.69, 9.17) is 0 Å². The average molecular weight is 514 g/mol. The Morgan fingerprint density at radius 1 is 0.846 bits per heavy atom. The fourth-order valence-electron chi connectivity index (χ4n) is 5.67. The normalized spacial score (nSPS) is 15.2. The Bertz CT molecular complexity index is 1540. The van der Waals surface area contributed by atoms with Crippen LogP contribution in [0.3, 0.4) is 0 Å². The predicted molar refractivity (Wildman–Crippen MR) is 161 cm³/mol. The van der Waals surface area contributed by atoms with Crippen LogP contribution in [0.25, 0.3) is 6.08 Å². The number of carbonyl (C=O) groups excluding carboxylic acids is 1. The van der Waals surface area contributed by atoms with E-state index in [1.54, 1.807) is 6.92 Å². The van der Waals surface area contributed by atoms with Crippen LogP contribution < -0.4 is 9.47 Å². The van der Waals surface area contributed by atoms with Crippen molar-refractivity contribution in [2.45, 2.75) is 53.0 Å². The van der Waals surface area contributed by atoms with E-state index in [2.05, 4.69) is 146 Å². The number of allylic oxidation sites excluding steroid dienone is 3. The molecule has 0 aliphatic carbocycles. The third-order valence-corrected chi connectivity index (χ3v) is 7.68. The lowest BCUT2D eigenvalue weighted by Crippen LogP contribution is -2.40. The van der Waals surface area contributed by atoms with E-state index >= 15 is 0 Å². The first-order valence-electron chi connectivity index (χ1n) is 13.7. The van der Waals surface area contributed by atoms with Crippen molar-refractivity contribution in [2.24, 2.45) is 0 Å². The number of aromatic nitrogens is 1. The van der Waals surface area contributed by atoms with Crippen molar-refractivity contribution in [3.63, 3.8) is 0 Å². The van der Waals surface area contributed by atoms with Gasteiger partial charge in [-0.2, -0.15) is 4.57 Å². The van der Waals surface area contributed by atoms with Crippen molar-refractivity contribution in [2.75, 3.05) is 4.90 Å². The number of nitrogens with zero attached hydrogens (tertiary/aromatic N) is 2. The summed E-state index contributed by atoms with van der Waals surface area (Å²) >= 11 is 0. The third-order valence-electron chi connectivity index (χ3n) is 7.68. The van der Waals surface area contributed by atoms with Gasteiger partial charge in [0.1, 0.15) is 5.78 Å². The number of hydrogen-bond acceptors (Lipinski definition) is 2. The second-order valence-electron chi connectivity index (χ2n) is 11.1. The van der Waals surface area contributed by atoms with E-state index in [9.17, 15) is 4.79 Å². The zero-order chi connectivity index (χ0) is 27.6. The van der Waals surface area contributed by atoms with Gasteiger partial charge in [0.2, 0.25) is 0 Å². The molecule has 3 aromatic carbocycles. The third kappa shape index (κ3) is 5.49. The molecule has 0 spiro atoms. The molecule has 2 heterocycles. The highest BCUT2D eigenvalue weighted by molar-refractivity contribution is 5.80. The summed E-state index contributed by atoms with van der Waals surface area (Å²) in [5.74, 6) is 0.192. The van der Waals surface area contributed by atoms with Crippen molar-refractivity contribution in [3.05, 3.63) is 142 Å². The molecule has 0 atom stereocenters. The second-order valence-corrected chi connectivity index (χ2v) is 11.1. The summed E-state index contributed by atoms with van der Waals surface area (Å²) in [6.07, 6.45) is 7.15. The van der Waals surface area contributed by atoms with Gasteiger partial charge in [0.15, 0.2) is 17.9 Å². The number of Topliss-reactive ketones (excluding diaryl/α,β-unsaturated/α-hetero) is 1. The molecule has 0 saturated carbocycles. The maximum Gasteiger partial charge on any atom is 0.179 e. The van der Waals surface area contributed by atoms with Crippen LogP contribution in [-0.2, 0) is 23.2 Å². The van der Waals surface area contributed by atoms with Gasteiger partial charge in [0, 0.05) is 60.5 Å². The highest BCUT2D eigenvalue weighted by Gasteiger charge is 2.40. The maximum absolute atomic E-state index is 11.4. The monoisotopic (exact) mass is 513 g/mol. The fraction of sp³-hybridized carbons (Fsp3) is 0.222. The van der Waals surface area contributed by atoms with Crippen LogP contribution in [0.2, 0.25) is 0 Å². The van der Waals surface area contributed by atoms with E-state index in [0.29, 0.717) is 6.42 Å². The molecule has 4 aromatic rings. The van der Waals surface area contributed by atoms with Gasteiger partial charge in [-0.05, 0) is 47.9 Å². The quantitative estimate of drug-likeness (QED) is 0.236. The van der Waals surface area contributed by atoms with Crippen molar-refractivity contribution >= 4 is 23.2 Å². The van der Waals surface area contributed by atoms with Crippen molar-refractivity contribution in [3.8, 4) is 0 Å². The summed E-state index contributed by atoms with van der Waals surface area (Å²) < 4.78 is 2.34. The van der Waals surface area contributed by atoms with Gasteiger partial charge in [-0.1, -0.05) is 86.7 Å². The number of fused-ring (bicyclic) bond motifs is 1. The Morgan fingerprint density at radius 2 is 1.46 bits per heavy atom. The molecule has 0 N–H and O–H groups in total. The largest absolute Gasteiger partial charge is 0.313 e. The first-order chi connectivity index (χ1) is 18.7. The van der Waals surface area contributed by atoms with Crippen LogP contribution in [0.15, 0.2) is 109 Å². The highest BCUT2D eigenvalue weighted by atomic mass is 16.1. The minimum Gasteiger partial charge on any atom is -0.313 e. The lowest BCUT2D eigenvalue weighted by molar-refractivity contribution is -0.700. The van der Waals surface area contributed by atoms with E-state index in [0.717, 1.165) is 12.1 Å². The van der Waals surface area contributed by atoms with Crippen LogP contribution in [0.1, 0.15) is 54.4 Å². The van der Waals surface area contributed by atoms with Gasteiger partial charge < -0.3 is 4.90 Å². The molecule has 0 radical (unpaired) electrons. The summed E-state index contributed by atoms with van der Waals surface area (Å²) in [5, 5.41) is 0. The highest BCUT2D eigenvalue weighted by Crippen LogP contribution is 2.50. The molecule has 0 amide bonds. The van der Waals surface area contributed by atoms with Gasteiger partial charge in [-0.15, -0.1) is 0 Å². The number of carbonyl (C=O) groups is 1. The summed E-state index contributed by atoms with van der Waals surface area (Å²) in [5.41, 5.74) is 10.8. The lowest BCUT2D eigenvalue weighted by atomic mass is 9.83. The van der Waals surface area contributed by atoms with Crippen LogP contribution in [0, 0.1) is 13.8 Å². The maximum atomic E-state index is 11.4. The molecule has 3 heteroatoms. The van der Waals surface area contributed by atoms with Crippen LogP contribution in [-0.4, -0.2) is 5.78 Å². The molecule has 1 aromatic heterocycles. The Kier molecular flexibility index (Phi) is 7.34. The SMILES string of the molecule is CC(=O)Cc1ccc(C[n+]2c(C)cc(C=CC=C3N(c4ccccc4)c4ccccc4C3(C)C)cc2C)cc1. The molecule has 39 heavy (non-hydrogen) atoms. The first kappa shape index (κ1) is 26.4. The fourth-order valence-corrected chi connectivity index (χ4v) is 5.67. The van der Waals surface area contributed by atoms with Gasteiger partial charge >= 0.3 is 0 Å². The molecule has 1 aliphatic heterocycles. The number of ketones is 1. The number of anilines is 2. The number of hydrogen-bond donors (Lipinski definition) is 0.